The molecule has 1 aromatic carbocycles. The van der Waals surface area contributed by atoms with Crippen molar-refractivity contribution in [1.29, 1.82) is 0 Å². The quantitative estimate of drug-likeness (QED) is 0.629. The minimum Gasteiger partial charge on any atom is -0.469 e. The first-order valence-electron chi connectivity index (χ1n) is 8.89. The molecule has 0 aromatic heterocycles. The number of hydrogen-bond acceptors (Lipinski definition) is 5. The second-order valence-electron chi connectivity index (χ2n) is 7.02. The topological polar surface area (TPSA) is 98.5 Å². The highest BCUT2D eigenvalue weighted by Gasteiger charge is 2.41. The number of ether oxygens (including phenoxy) is 1. The Morgan fingerprint density at radius 1 is 1.20 bits per heavy atom. The smallest absolute Gasteiger partial charge is 0.310 e. The number of fused-ring (bicyclic) bond motifs is 1. The molecule has 2 aliphatic rings. The summed E-state index contributed by atoms with van der Waals surface area (Å²) in [6, 6.07) is 5.39. The lowest BCUT2D eigenvalue weighted by atomic mass is 9.88. The molecule has 0 heterocycles. The lowest BCUT2D eigenvalue weighted by molar-refractivity contribution is -0.146. The highest BCUT2D eigenvalue weighted by molar-refractivity contribution is 7.90. The van der Waals surface area contributed by atoms with Crippen molar-refractivity contribution in [2.45, 2.75) is 56.2 Å². The van der Waals surface area contributed by atoms with Crippen LogP contribution in [0.1, 0.15) is 55.7 Å². The highest BCUT2D eigenvalue weighted by atomic mass is 32.2. The van der Waals surface area contributed by atoms with Gasteiger partial charge < -0.3 is 10.5 Å². The Morgan fingerprint density at radius 2 is 1.96 bits per heavy atom. The average molecular weight is 366 g/mol. The van der Waals surface area contributed by atoms with E-state index < -0.39 is 27.2 Å². The summed E-state index contributed by atoms with van der Waals surface area (Å²) < 4.78 is 33.7. The fourth-order valence-corrected chi connectivity index (χ4v) is 6.10. The zero-order valence-corrected chi connectivity index (χ0v) is 15.3. The van der Waals surface area contributed by atoms with Gasteiger partial charge in [0.15, 0.2) is 0 Å². The van der Waals surface area contributed by atoms with Gasteiger partial charge in [0.25, 0.3) is 0 Å². The summed E-state index contributed by atoms with van der Waals surface area (Å²) in [5, 5.41) is -0.715. The van der Waals surface area contributed by atoms with Gasteiger partial charge in [-0.1, -0.05) is 18.9 Å². The van der Waals surface area contributed by atoms with Crippen molar-refractivity contribution in [3.8, 4) is 0 Å². The van der Waals surface area contributed by atoms with Crippen LogP contribution >= 0.6 is 0 Å². The largest absolute Gasteiger partial charge is 0.469 e. The number of rotatable bonds is 4. The molecule has 138 valence electrons. The second kappa shape index (κ2) is 7.33. The first-order valence-corrected chi connectivity index (χ1v) is 10.4. The molecule has 3 unspecified atom stereocenters. The van der Waals surface area contributed by atoms with Crippen molar-refractivity contribution >= 4 is 21.7 Å². The Kier molecular flexibility index (Phi) is 5.34. The number of sulfonamides is 1. The number of nitrogen functional groups attached to an aromatic ring is 1. The van der Waals surface area contributed by atoms with Gasteiger partial charge in [-0.25, -0.2) is 13.1 Å². The minimum atomic E-state index is -3.62. The molecule has 7 heteroatoms. The molecule has 25 heavy (non-hydrogen) atoms. The number of benzene rings is 1. The number of hydrogen-bond donors (Lipinski definition) is 2. The minimum absolute atomic E-state index is 0.255. The molecule has 0 spiro atoms. The van der Waals surface area contributed by atoms with E-state index in [-0.39, 0.29) is 6.04 Å². The number of nitrogens with two attached hydrogens (primary N) is 1. The fourth-order valence-electron chi connectivity index (χ4n) is 4.13. The van der Waals surface area contributed by atoms with Crippen molar-refractivity contribution < 1.29 is 17.9 Å². The first-order chi connectivity index (χ1) is 11.9. The van der Waals surface area contributed by atoms with Crippen molar-refractivity contribution in [1.82, 2.24) is 4.72 Å². The van der Waals surface area contributed by atoms with Gasteiger partial charge in [-0.3, -0.25) is 4.79 Å². The van der Waals surface area contributed by atoms with Crippen LogP contribution in [0.25, 0.3) is 0 Å². The summed E-state index contributed by atoms with van der Waals surface area (Å²) in [6.45, 7) is 0. The van der Waals surface area contributed by atoms with Gasteiger partial charge in [-0.05, 0) is 55.4 Å². The van der Waals surface area contributed by atoms with E-state index in [1.54, 1.807) is 0 Å². The third-order valence-corrected chi connectivity index (χ3v) is 7.37. The van der Waals surface area contributed by atoms with E-state index in [9.17, 15) is 13.2 Å². The molecule has 3 atom stereocenters. The van der Waals surface area contributed by atoms with E-state index in [1.807, 2.05) is 18.2 Å². The molecule has 3 N–H and O–H groups in total. The maximum atomic E-state index is 13.0. The molecule has 1 saturated carbocycles. The number of carbonyl (C=O) groups is 1. The molecule has 0 bridgehead atoms. The van der Waals surface area contributed by atoms with E-state index in [2.05, 4.69) is 4.72 Å². The van der Waals surface area contributed by atoms with E-state index in [4.69, 9.17) is 10.5 Å². The summed E-state index contributed by atoms with van der Waals surface area (Å²) in [5.74, 6) is -1.00. The summed E-state index contributed by atoms with van der Waals surface area (Å²) in [6.07, 6.45) is 5.31. The number of nitrogens with one attached hydrogen (secondary N) is 1. The van der Waals surface area contributed by atoms with Crippen LogP contribution in [0.3, 0.4) is 0 Å². The van der Waals surface area contributed by atoms with E-state index >= 15 is 0 Å². The molecular formula is C18H26N2O4S. The second-order valence-corrected chi connectivity index (χ2v) is 8.95. The molecule has 6 nitrogen and oxygen atoms in total. The molecule has 0 saturated heterocycles. The Labute approximate surface area is 149 Å². The zero-order chi connectivity index (χ0) is 18.0. The molecule has 0 amide bonds. The number of methoxy groups -OCH3 is 1. The van der Waals surface area contributed by atoms with Crippen LogP contribution < -0.4 is 10.5 Å². The SMILES string of the molecule is COC(=O)C1CCCCC1S(=O)(=O)NC1CCCc2cc(N)ccc21. The van der Waals surface area contributed by atoms with Crippen molar-refractivity contribution in [3.63, 3.8) is 0 Å². The average Bonchev–Trinajstić information content (AvgIpc) is 2.60. The monoisotopic (exact) mass is 366 g/mol. The van der Waals surface area contributed by atoms with Crippen LogP contribution in [0.5, 0.6) is 0 Å². The van der Waals surface area contributed by atoms with Gasteiger partial charge in [0.05, 0.1) is 18.3 Å². The van der Waals surface area contributed by atoms with E-state index in [0.29, 0.717) is 18.5 Å². The Balaban J connectivity index is 1.83. The molecule has 2 aliphatic carbocycles. The predicted molar refractivity (Wildman–Crippen MR) is 96.4 cm³/mol. The van der Waals surface area contributed by atoms with Gasteiger partial charge in [0.1, 0.15) is 0 Å². The molecule has 0 radical (unpaired) electrons. The molecule has 1 fully saturated rings. The predicted octanol–water partition coefficient (Wildman–Crippen LogP) is 2.30. The zero-order valence-electron chi connectivity index (χ0n) is 14.5. The van der Waals surface area contributed by atoms with Crippen LogP contribution in [0.2, 0.25) is 0 Å². The van der Waals surface area contributed by atoms with E-state index in [1.165, 1.54) is 7.11 Å². The van der Waals surface area contributed by atoms with Crippen LogP contribution in [-0.2, 0) is 26.0 Å². The fraction of sp³-hybridized carbons (Fsp3) is 0.611. The van der Waals surface area contributed by atoms with Gasteiger partial charge in [-0.15, -0.1) is 0 Å². The Morgan fingerprint density at radius 3 is 2.72 bits per heavy atom. The lowest BCUT2D eigenvalue weighted by Gasteiger charge is -2.32. The van der Waals surface area contributed by atoms with Crippen LogP contribution in [0.15, 0.2) is 18.2 Å². The Bertz CT molecular complexity index is 747. The summed E-state index contributed by atoms with van der Waals surface area (Å²) in [5.41, 5.74) is 8.64. The summed E-state index contributed by atoms with van der Waals surface area (Å²) >= 11 is 0. The van der Waals surface area contributed by atoms with Gasteiger partial charge >= 0.3 is 5.97 Å². The summed E-state index contributed by atoms with van der Waals surface area (Å²) in [4.78, 5) is 12.0. The van der Waals surface area contributed by atoms with Crippen molar-refractivity contribution in [2.75, 3.05) is 12.8 Å². The first kappa shape index (κ1) is 18.2. The third-order valence-electron chi connectivity index (χ3n) is 5.39. The van der Waals surface area contributed by atoms with Crippen LogP contribution in [-0.4, -0.2) is 26.7 Å². The van der Waals surface area contributed by atoms with Gasteiger partial charge in [0.2, 0.25) is 10.0 Å². The van der Waals surface area contributed by atoms with Gasteiger partial charge in [0, 0.05) is 11.7 Å². The number of esters is 1. The van der Waals surface area contributed by atoms with Crippen molar-refractivity contribution in [3.05, 3.63) is 29.3 Å². The number of carbonyl (C=O) groups excluding carboxylic acids is 1. The third kappa shape index (κ3) is 3.82. The lowest BCUT2D eigenvalue weighted by Crippen LogP contribution is -2.45. The normalized spacial score (nSPS) is 26.7. The van der Waals surface area contributed by atoms with Crippen LogP contribution in [0, 0.1) is 5.92 Å². The maximum Gasteiger partial charge on any atom is 0.310 e. The van der Waals surface area contributed by atoms with Crippen LogP contribution in [0.4, 0.5) is 5.69 Å². The number of anilines is 1. The highest BCUT2D eigenvalue weighted by Crippen LogP contribution is 2.35. The molecular weight excluding hydrogens is 340 g/mol. The van der Waals surface area contributed by atoms with E-state index in [0.717, 1.165) is 43.2 Å². The van der Waals surface area contributed by atoms with Gasteiger partial charge in [-0.2, -0.15) is 0 Å². The van der Waals surface area contributed by atoms with Crippen molar-refractivity contribution in [2.24, 2.45) is 5.92 Å². The maximum absolute atomic E-state index is 13.0. The molecule has 0 aliphatic heterocycles. The molecule has 3 rings (SSSR count). The molecule has 1 aromatic rings. The summed E-state index contributed by atoms with van der Waals surface area (Å²) in [7, 11) is -2.31. The Hall–Kier alpha value is -1.60. The number of aryl methyl sites for hydroxylation is 1. The standard InChI is InChI=1S/C18H26N2O4S/c1-24-18(21)15-6-2-3-8-17(15)25(22,23)20-16-7-4-5-12-11-13(19)9-10-14(12)16/h9-11,15-17,20H,2-8,19H2,1H3.